The van der Waals surface area contributed by atoms with Crippen molar-refractivity contribution >= 4 is 29.1 Å². The predicted octanol–water partition coefficient (Wildman–Crippen LogP) is 4.10. The SMILES string of the molecule is CCn1c(OCc2cc(C)sn2)cc(=O)c(C(=O)O)c1-c1ccc(C#N)c(Cl)c1. The van der Waals surface area contributed by atoms with E-state index in [4.69, 9.17) is 21.6 Å². The van der Waals surface area contributed by atoms with E-state index >= 15 is 0 Å². The van der Waals surface area contributed by atoms with Crippen LogP contribution in [0, 0.1) is 18.3 Å². The van der Waals surface area contributed by atoms with Gasteiger partial charge in [0, 0.05) is 23.1 Å². The number of aromatic nitrogens is 2. The van der Waals surface area contributed by atoms with E-state index in [0.29, 0.717) is 17.8 Å². The minimum atomic E-state index is -1.35. The van der Waals surface area contributed by atoms with Gasteiger partial charge in [-0.2, -0.15) is 9.64 Å². The average Bonchev–Trinajstić information content (AvgIpc) is 3.10. The Kier molecular flexibility index (Phi) is 6.01. The van der Waals surface area contributed by atoms with Crippen molar-refractivity contribution in [3.63, 3.8) is 0 Å². The van der Waals surface area contributed by atoms with Crippen molar-refractivity contribution in [2.24, 2.45) is 0 Å². The van der Waals surface area contributed by atoms with Gasteiger partial charge in [-0.05, 0) is 43.6 Å². The van der Waals surface area contributed by atoms with Crippen molar-refractivity contribution in [3.05, 3.63) is 67.3 Å². The number of carbonyl (C=O) groups is 1. The largest absolute Gasteiger partial charge is 0.477 e. The van der Waals surface area contributed by atoms with Crippen LogP contribution in [0.1, 0.15) is 33.4 Å². The Morgan fingerprint density at radius 1 is 1.38 bits per heavy atom. The van der Waals surface area contributed by atoms with Crippen molar-refractivity contribution in [1.29, 1.82) is 5.26 Å². The first-order chi connectivity index (χ1) is 13.8. The summed E-state index contributed by atoms with van der Waals surface area (Å²) < 4.78 is 11.7. The molecule has 0 fully saturated rings. The number of aromatic carboxylic acids is 1. The van der Waals surface area contributed by atoms with Crippen LogP contribution in [0.25, 0.3) is 11.3 Å². The van der Waals surface area contributed by atoms with Gasteiger partial charge in [-0.25, -0.2) is 4.79 Å². The molecule has 3 aromatic rings. The number of pyridine rings is 1. The number of aryl methyl sites for hydroxylation is 1. The van der Waals surface area contributed by atoms with Gasteiger partial charge in [0.1, 0.15) is 18.2 Å². The number of nitrogens with zero attached hydrogens (tertiary/aromatic N) is 3. The lowest BCUT2D eigenvalue weighted by molar-refractivity contribution is 0.0695. The van der Waals surface area contributed by atoms with E-state index in [0.717, 1.165) is 4.88 Å². The molecule has 0 radical (unpaired) electrons. The fourth-order valence-corrected chi connectivity index (χ4v) is 3.73. The first-order valence-electron chi connectivity index (χ1n) is 8.61. The molecule has 148 valence electrons. The van der Waals surface area contributed by atoms with Gasteiger partial charge in [-0.3, -0.25) is 4.79 Å². The lowest BCUT2D eigenvalue weighted by Gasteiger charge is -2.19. The third-order valence-corrected chi connectivity index (χ3v) is 5.26. The molecule has 0 atom stereocenters. The zero-order valence-corrected chi connectivity index (χ0v) is 17.2. The quantitative estimate of drug-likeness (QED) is 0.632. The van der Waals surface area contributed by atoms with E-state index in [1.165, 1.54) is 29.7 Å². The van der Waals surface area contributed by atoms with Crippen molar-refractivity contribution < 1.29 is 14.6 Å². The van der Waals surface area contributed by atoms with Gasteiger partial charge >= 0.3 is 5.97 Å². The summed E-state index contributed by atoms with van der Waals surface area (Å²) in [4.78, 5) is 25.5. The fraction of sp³-hybridized carbons (Fsp3) is 0.200. The summed E-state index contributed by atoms with van der Waals surface area (Å²) in [5.74, 6) is -1.13. The Balaban J connectivity index is 2.17. The van der Waals surface area contributed by atoms with E-state index in [-0.39, 0.29) is 34.3 Å². The van der Waals surface area contributed by atoms with Crippen molar-refractivity contribution in [2.45, 2.75) is 27.0 Å². The second kappa shape index (κ2) is 8.47. The van der Waals surface area contributed by atoms with E-state index in [2.05, 4.69) is 4.37 Å². The molecule has 0 bridgehead atoms. The first kappa shape index (κ1) is 20.6. The van der Waals surface area contributed by atoms with Crippen LogP contribution in [-0.4, -0.2) is 20.0 Å². The molecule has 0 amide bonds. The van der Waals surface area contributed by atoms with E-state index in [1.807, 2.05) is 26.0 Å². The summed E-state index contributed by atoms with van der Waals surface area (Å²) in [6, 6.07) is 9.52. The van der Waals surface area contributed by atoms with Crippen LogP contribution in [0.5, 0.6) is 5.88 Å². The number of rotatable bonds is 6. The van der Waals surface area contributed by atoms with Gasteiger partial charge < -0.3 is 14.4 Å². The number of carboxylic acids is 1. The highest BCUT2D eigenvalue weighted by molar-refractivity contribution is 7.05. The Bertz CT molecular complexity index is 1190. The molecule has 0 aliphatic heterocycles. The molecule has 2 heterocycles. The fourth-order valence-electron chi connectivity index (χ4n) is 2.95. The third kappa shape index (κ3) is 4.16. The molecule has 0 unspecified atom stereocenters. The smallest absolute Gasteiger partial charge is 0.341 e. The summed E-state index contributed by atoms with van der Waals surface area (Å²) >= 11 is 7.48. The average molecular weight is 430 g/mol. The van der Waals surface area contributed by atoms with Gasteiger partial charge in [0.2, 0.25) is 5.43 Å². The molecule has 7 nitrogen and oxygen atoms in total. The van der Waals surface area contributed by atoms with Crippen LogP contribution in [0.3, 0.4) is 0 Å². The zero-order valence-electron chi connectivity index (χ0n) is 15.6. The second-order valence-electron chi connectivity index (χ2n) is 6.14. The van der Waals surface area contributed by atoms with Crippen LogP contribution < -0.4 is 10.2 Å². The second-order valence-corrected chi connectivity index (χ2v) is 7.56. The van der Waals surface area contributed by atoms with E-state index < -0.39 is 11.4 Å². The Labute approximate surface area is 175 Å². The molecule has 3 rings (SSSR count). The molecule has 1 aromatic carbocycles. The molecule has 1 N–H and O–H groups in total. The Morgan fingerprint density at radius 2 is 2.14 bits per heavy atom. The van der Waals surface area contributed by atoms with Gasteiger partial charge in [0.15, 0.2) is 5.88 Å². The summed E-state index contributed by atoms with van der Waals surface area (Å²) in [5.41, 5.74) is 0.479. The highest BCUT2D eigenvalue weighted by Gasteiger charge is 2.23. The molecule has 29 heavy (non-hydrogen) atoms. The standard InChI is InChI=1S/C20H16ClN3O4S/c1-3-24-17(28-10-14-6-11(2)29-23-14)8-16(25)18(20(26)27)19(24)12-4-5-13(9-22)15(21)7-12/h4-8H,3,10H2,1-2H3,(H,26,27). The number of benzene rings is 1. The number of hydrogen-bond acceptors (Lipinski definition) is 6. The number of nitriles is 1. The molecule has 0 saturated heterocycles. The highest BCUT2D eigenvalue weighted by atomic mass is 35.5. The molecule has 0 spiro atoms. The topological polar surface area (TPSA) is 105 Å². The van der Waals surface area contributed by atoms with Gasteiger partial charge in [0.25, 0.3) is 0 Å². The number of ether oxygens (including phenoxy) is 1. The lowest BCUT2D eigenvalue weighted by Crippen LogP contribution is -2.22. The molecular formula is C20H16ClN3O4S. The maximum Gasteiger partial charge on any atom is 0.341 e. The number of hydrogen-bond donors (Lipinski definition) is 1. The van der Waals surface area contributed by atoms with Crippen LogP contribution in [0.2, 0.25) is 5.02 Å². The summed E-state index contributed by atoms with van der Waals surface area (Å²) in [7, 11) is 0. The third-order valence-electron chi connectivity index (χ3n) is 4.21. The minimum absolute atomic E-state index is 0.143. The zero-order chi connectivity index (χ0) is 21.1. The van der Waals surface area contributed by atoms with Crippen molar-refractivity contribution in [1.82, 2.24) is 8.94 Å². The molecule has 9 heteroatoms. The van der Waals surface area contributed by atoms with Crippen LogP contribution >= 0.6 is 23.1 Å². The molecule has 0 saturated carbocycles. The molecule has 0 aliphatic rings. The molecular weight excluding hydrogens is 414 g/mol. The molecule has 0 aliphatic carbocycles. The molecule has 2 aromatic heterocycles. The number of halogens is 1. The Hall–Kier alpha value is -3.15. The van der Waals surface area contributed by atoms with Gasteiger partial charge in [-0.1, -0.05) is 17.7 Å². The van der Waals surface area contributed by atoms with Crippen LogP contribution in [0.4, 0.5) is 0 Å². The predicted molar refractivity (Wildman–Crippen MR) is 110 cm³/mol. The maximum absolute atomic E-state index is 12.6. The summed E-state index contributed by atoms with van der Waals surface area (Å²) in [6.07, 6.45) is 0. The highest BCUT2D eigenvalue weighted by Crippen LogP contribution is 2.30. The first-order valence-corrected chi connectivity index (χ1v) is 9.77. The maximum atomic E-state index is 12.6. The summed E-state index contributed by atoms with van der Waals surface area (Å²) in [6.45, 7) is 4.23. The monoisotopic (exact) mass is 429 g/mol. The van der Waals surface area contributed by atoms with Crippen LogP contribution in [0.15, 0.2) is 35.1 Å². The minimum Gasteiger partial charge on any atom is -0.477 e. The Morgan fingerprint density at radius 3 is 2.69 bits per heavy atom. The van der Waals surface area contributed by atoms with E-state index in [1.54, 1.807) is 10.6 Å². The normalized spacial score (nSPS) is 10.6. The number of carboxylic acid groups (broad SMARTS) is 1. The van der Waals surface area contributed by atoms with Crippen molar-refractivity contribution in [3.8, 4) is 23.2 Å². The lowest BCUT2D eigenvalue weighted by atomic mass is 10.0. The van der Waals surface area contributed by atoms with Gasteiger partial charge in [-0.15, -0.1) is 0 Å². The van der Waals surface area contributed by atoms with Gasteiger partial charge in [0.05, 0.1) is 22.0 Å². The summed E-state index contributed by atoms with van der Waals surface area (Å²) in [5, 5.41) is 18.9. The van der Waals surface area contributed by atoms with Crippen molar-refractivity contribution in [2.75, 3.05) is 0 Å². The van der Waals surface area contributed by atoms with Crippen LogP contribution in [-0.2, 0) is 13.2 Å². The van der Waals surface area contributed by atoms with E-state index in [9.17, 15) is 14.7 Å².